The van der Waals surface area contributed by atoms with Crippen molar-refractivity contribution >= 4 is 13.2 Å². The van der Waals surface area contributed by atoms with Crippen molar-refractivity contribution in [1.29, 1.82) is 0 Å². The van der Waals surface area contributed by atoms with Crippen LogP contribution in [0, 0.1) is 0 Å². The van der Waals surface area contributed by atoms with Crippen molar-refractivity contribution in [2.45, 2.75) is 44.7 Å². The minimum absolute atomic E-state index is 0.113. The van der Waals surface area contributed by atoms with Crippen LogP contribution in [-0.4, -0.2) is 19.3 Å². The molecule has 1 saturated heterocycles. The van der Waals surface area contributed by atoms with Gasteiger partial charge >= 0.3 is 7.12 Å². The molecule has 0 amide bonds. The van der Waals surface area contributed by atoms with E-state index in [1.54, 1.807) is 0 Å². The van der Waals surface area contributed by atoms with Crippen LogP contribution in [0.5, 0.6) is 0 Å². The lowest BCUT2D eigenvalue weighted by Gasteiger charge is -2.15. The normalized spacial score (nSPS) is 24.2. The van der Waals surface area contributed by atoms with Gasteiger partial charge in [0, 0.05) is 5.82 Å². The first-order chi connectivity index (χ1) is 9.70. The van der Waals surface area contributed by atoms with Crippen molar-refractivity contribution in [3.05, 3.63) is 54.6 Å². The highest BCUT2D eigenvalue weighted by atomic mass is 16.7. The molecule has 2 rings (SSSR count). The largest absolute Gasteiger partial charge is 0.461 e. The number of hydrogen-bond acceptors (Lipinski definition) is 2. The Bertz CT molecular complexity index is 434. The molecule has 3 heteroatoms. The Morgan fingerprint density at radius 1 is 1.15 bits per heavy atom. The molecular weight excluding hydrogens is 247 g/mol. The topological polar surface area (TPSA) is 18.5 Å². The number of hydrogen-bond donors (Lipinski definition) is 0. The number of allylic oxidation sites excluding steroid dienone is 2. The predicted octanol–water partition coefficient (Wildman–Crippen LogP) is 4.35. The zero-order chi connectivity index (χ0) is 14.4. The van der Waals surface area contributed by atoms with E-state index in [9.17, 15) is 0 Å². The summed E-state index contributed by atoms with van der Waals surface area (Å²) in [6.45, 7) is 7.97. The molecule has 1 fully saturated rings. The summed E-state index contributed by atoms with van der Waals surface area (Å²) in [6, 6.07) is 10.3. The Kier molecular flexibility index (Phi) is 5.63. The first-order valence-corrected chi connectivity index (χ1v) is 7.34. The van der Waals surface area contributed by atoms with E-state index >= 15 is 0 Å². The third-order valence-electron chi connectivity index (χ3n) is 3.76. The summed E-state index contributed by atoms with van der Waals surface area (Å²) < 4.78 is 11.8. The van der Waals surface area contributed by atoms with Crippen molar-refractivity contribution in [2.75, 3.05) is 0 Å². The minimum atomic E-state index is -0.113. The molecule has 0 radical (unpaired) electrons. The molecule has 0 N–H and O–H groups in total. The SMILES string of the molecule is C=CCC(C/C=C/c1ccccc1)B1OC(C)C(C)O1. The number of rotatable bonds is 6. The van der Waals surface area contributed by atoms with E-state index in [-0.39, 0.29) is 19.3 Å². The lowest BCUT2D eigenvalue weighted by molar-refractivity contribution is 0.187. The maximum absolute atomic E-state index is 5.89. The average molecular weight is 270 g/mol. The fraction of sp³-hybridized carbons (Fsp3) is 0.412. The van der Waals surface area contributed by atoms with E-state index in [1.165, 1.54) is 5.56 Å². The molecule has 3 atom stereocenters. The molecule has 0 aliphatic carbocycles. The van der Waals surface area contributed by atoms with Crippen molar-refractivity contribution in [3.8, 4) is 0 Å². The van der Waals surface area contributed by atoms with Crippen LogP contribution < -0.4 is 0 Å². The van der Waals surface area contributed by atoms with Crippen LogP contribution in [0.3, 0.4) is 0 Å². The van der Waals surface area contributed by atoms with Gasteiger partial charge in [-0.3, -0.25) is 0 Å². The van der Waals surface area contributed by atoms with Crippen LogP contribution in [0.1, 0.15) is 32.3 Å². The van der Waals surface area contributed by atoms with E-state index in [4.69, 9.17) is 9.31 Å². The van der Waals surface area contributed by atoms with Crippen molar-refractivity contribution in [2.24, 2.45) is 0 Å². The summed E-state index contributed by atoms with van der Waals surface area (Å²) in [6.07, 6.45) is 8.48. The van der Waals surface area contributed by atoms with E-state index in [1.807, 2.05) is 24.3 Å². The van der Waals surface area contributed by atoms with Gasteiger partial charge in [0.2, 0.25) is 0 Å². The minimum Gasteiger partial charge on any atom is -0.406 e. The zero-order valence-corrected chi connectivity index (χ0v) is 12.4. The molecule has 1 aliphatic heterocycles. The summed E-state index contributed by atoms with van der Waals surface area (Å²) in [4.78, 5) is 0. The van der Waals surface area contributed by atoms with Gasteiger partial charge in [-0.15, -0.1) is 6.58 Å². The Hall–Kier alpha value is -1.32. The molecule has 0 saturated carbocycles. The highest BCUT2D eigenvalue weighted by Gasteiger charge is 2.39. The quantitative estimate of drug-likeness (QED) is 0.565. The van der Waals surface area contributed by atoms with E-state index in [0.717, 1.165) is 12.8 Å². The van der Waals surface area contributed by atoms with Crippen LogP contribution in [0.15, 0.2) is 49.1 Å². The van der Waals surface area contributed by atoms with Gasteiger partial charge in [-0.1, -0.05) is 48.6 Å². The maximum Gasteiger partial charge on any atom is 0.461 e. The highest BCUT2D eigenvalue weighted by molar-refractivity contribution is 6.47. The fourth-order valence-corrected chi connectivity index (χ4v) is 2.37. The molecule has 1 heterocycles. The van der Waals surface area contributed by atoms with Crippen LogP contribution in [0.4, 0.5) is 0 Å². The lowest BCUT2D eigenvalue weighted by atomic mass is 9.68. The van der Waals surface area contributed by atoms with E-state index in [0.29, 0.717) is 5.82 Å². The van der Waals surface area contributed by atoms with Crippen LogP contribution in [-0.2, 0) is 9.31 Å². The van der Waals surface area contributed by atoms with Gasteiger partial charge in [0.05, 0.1) is 12.2 Å². The highest BCUT2D eigenvalue weighted by Crippen LogP contribution is 2.30. The average Bonchev–Trinajstić information content (AvgIpc) is 2.79. The van der Waals surface area contributed by atoms with Gasteiger partial charge in [-0.2, -0.15) is 0 Å². The first kappa shape index (κ1) is 15.1. The molecule has 2 nitrogen and oxygen atoms in total. The molecular formula is C17H23BO2. The summed E-state index contributed by atoms with van der Waals surface area (Å²) in [5.74, 6) is 0.333. The van der Waals surface area contributed by atoms with Gasteiger partial charge < -0.3 is 9.31 Å². The van der Waals surface area contributed by atoms with Gasteiger partial charge in [-0.25, -0.2) is 0 Å². The second kappa shape index (κ2) is 7.46. The van der Waals surface area contributed by atoms with Crippen LogP contribution in [0.25, 0.3) is 6.08 Å². The van der Waals surface area contributed by atoms with Crippen LogP contribution >= 0.6 is 0 Å². The van der Waals surface area contributed by atoms with Crippen molar-refractivity contribution < 1.29 is 9.31 Å². The van der Waals surface area contributed by atoms with Crippen molar-refractivity contribution in [1.82, 2.24) is 0 Å². The standard InChI is InChI=1S/C17H23BO2/c1-4-9-17(18-19-14(2)15(3)20-18)13-8-12-16-10-6-5-7-11-16/h4-8,10-12,14-15,17H,1,9,13H2,2-3H3/b12-8+. The van der Waals surface area contributed by atoms with Gasteiger partial charge in [-0.05, 0) is 32.3 Å². The molecule has 0 bridgehead atoms. The van der Waals surface area contributed by atoms with Gasteiger partial charge in [0.25, 0.3) is 0 Å². The molecule has 20 heavy (non-hydrogen) atoms. The third-order valence-corrected chi connectivity index (χ3v) is 3.76. The van der Waals surface area contributed by atoms with Gasteiger partial charge in [0.15, 0.2) is 0 Å². The molecule has 1 aromatic carbocycles. The summed E-state index contributed by atoms with van der Waals surface area (Å²) in [5.41, 5.74) is 1.22. The summed E-state index contributed by atoms with van der Waals surface area (Å²) >= 11 is 0. The Morgan fingerprint density at radius 3 is 2.40 bits per heavy atom. The molecule has 106 valence electrons. The van der Waals surface area contributed by atoms with Gasteiger partial charge in [0.1, 0.15) is 0 Å². The van der Waals surface area contributed by atoms with Crippen molar-refractivity contribution in [3.63, 3.8) is 0 Å². The summed E-state index contributed by atoms with van der Waals surface area (Å²) in [7, 11) is -0.113. The molecule has 0 aromatic heterocycles. The molecule has 3 unspecified atom stereocenters. The second-order valence-corrected chi connectivity index (χ2v) is 5.38. The zero-order valence-electron chi connectivity index (χ0n) is 12.4. The van der Waals surface area contributed by atoms with E-state index < -0.39 is 0 Å². The second-order valence-electron chi connectivity index (χ2n) is 5.38. The maximum atomic E-state index is 5.89. The molecule has 0 spiro atoms. The Labute approximate surface area is 122 Å². The van der Waals surface area contributed by atoms with Crippen LogP contribution in [0.2, 0.25) is 5.82 Å². The Balaban J connectivity index is 1.93. The fourth-order valence-electron chi connectivity index (χ4n) is 2.37. The first-order valence-electron chi connectivity index (χ1n) is 7.34. The molecule has 1 aromatic rings. The smallest absolute Gasteiger partial charge is 0.406 e. The summed E-state index contributed by atoms with van der Waals surface area (Å²) in [5, 5.41) is 0. The number of benzene rings is 1. The third kappa shape index (κ3) is 4.09. The molecule has 1 aliphatic rings. The monoisotopic (exact) mass is 270 g/mol. The Morgan fingerprint density at radius 2 is 1.80 bits per heavy atom. The predicted molar refractivity (Wildman–Crippen MR) is 85.5 cm³/mol. The van der Waals surface area contributed by atoms with E-state index in [2.05, 4.69) is 44.7 Å². The lowest BCUT2D eigenvalue weighted by Crippen LogP contribution is -2.23.